The summed E-state index contributed by atoms with van der Waals surface area (Å²) in [5.41, 5.74) is 0.930. The molecule has 1 aromatic heterocycles. The summed E-state index contributed by atoms with van der Waals surface area (Å²) in [5, 5.41) is 3.80. The Bertz CT molecular complexity index is 1320. The fraction of sp³-hybridized carbons (Fsp3) is 0.238. The molecule has 0 saturated heterocycles. The van der Waals surface area contributed by atoms with Crippen molar-refractivity contribution in [3.8, 4) is 0 Å². The molecule has 0 radical (unpaired) electrons. The van der Waals surface area contributed by atoms with Gasteiger partial charge in [0.25, 0.3) is 15.6 Å². The van der Waals surface area contributed by atoms with Gasteiger partial charge in [0, 0.05) is 31.3 Å². The molecule has 0 atom stereocenters. The lowest BCUT2D eigenvalue weighted by molar-refractivity contribution is -0.117. The van der Waals surface area contributed by atoms with Crippen LogP contribution in [-0.4, -0.2) is 35.5 Å². The SMILES string of the molecule is CCn1c(SCCC(=O)Nc2ccc(S(=O)(=O)NC(C)=O)cc2)nc2ccccc2c1=O. The fourth-order valence-electron chi connectivity index (χ4n) is 2.96. The van der Waals surface area contributed by atoms with Crippen molar-refractivity contribution in [1.82, 2.24) is 14.3 Å². The van der Waals surface area contributed by atoms with E-state index in [1.165, 1.54) is 36.0 Å². The van der Waals surface area contributed by atoms with E-state index >= 15 is 0 Å². The molecular formula is C21H22N4O5S2. The van der Waals surface area contributed by atoms with E-state index < -0.39 is 15.9 Å². The molecule has 2 amide bonds. The highest BCUT2D eigenvalue weighted by Gasteiger charge is 2.15. The van der Waals surface area contributed by atoms with E-state index in [0.29, 0.717) is 34.0 Å². The number of nitrogens with one attached hydrogen (secondary N) is 2. The largest absolute Gasteiger partial charge is 0.326 e. The summed E-state index contributed by atoms with van der Waals surface area (Å²) < 4.78 is 27.4. The number of anilines is 1. The number of carbonyl (C=O) groups is 2. The van der Waals surface area contributed by atoms with Crippen molar-refractivity contribution >= 4 is 50.2 Å². The van der Waals surface area contributed by atoms with Gasteiger partial charge in [0.1, 0.15) is 0 Å². The van der Waals surface area contributed by atoms with Crippen LogP contribution >= 0.6 is 11.8 Å². The summed E-state index contributed by atoms with van der Waals surface area (Å²) in [5.74, 6) is -0.540. The van der Waals surface area contributed by atoms with Crippen molar-refractivity contribution in [2.45, 2.75) is 36.9 Å². The molecule has 168 valence electrons. The highest BCUT2D eigenvalue weighted by Crippen LogP contribution is 2.19. The number of amides is 2. The van der Waals surface area contributed by atoms with Gasteiger partial charge < -0.3 is 5.32 Å². The standard InChI is InChI=1S/C21H22N4O5S2/c1-3-25-20(28)17-6-4-5-7-18(17)23-21(25)31-13-12-19(27)22-15-8-10-16(11-9-15)32(29,30)24-14(2)26/h4-11H,3,12-13H2,1-2H3,(H,22,27)(H,24,26). The Morgan fingerprint density at radius 1 is 1.09 bits per heavy atom. The number of sulfonamides is 1. The maximum Gasteiger partial charge on any atom is 0.264 e. The number of thioether (sulfide) groups is 1. The minimum Gasteiger partial charge on any atom is -0.326 e. The number of benzene rings is 2. The van der Waals surface area contributed by atoms with Gasteiger partial charge in [-0.3, -0.25) is 19.0 Å². The van der Waals surface area contributed by atoms with E-state index in [4.69, 9.17) is 0 Å². The third kappa shape index (κ3) is 5.54. The van der Waals surface area contributed by atoms with E-state index in [-0.39, 0.29) is 22.8 Å². The van der Waals surface area contributed by atoms with Crippen LogP contribution in [0.25, 0.3) is 10.9 Å². The summed E-state index contributed by atoms with van der Waals surface area (Å²) in [7, 11) is -3.93. The predicted octanol–water partition coefficient (Wildman–Crippen LogP) is 2.36. The summed E-state index contributed by atoms with van der Waals surface area (Å²) in [6, 6.07) is 12.6. The Morgan fingerprint density at radius 2 is 1.78 bits per heavy atom. The lowest BCUT2D eigenvalue weighted by Gasteiger charge is -2.11. The first-order chi connectivity index (χ1) is 15.2. The Balaban J connectivity index is 1.61. The summed E-state index contributed by atoms with van der Waals surface area (Å²) >= 11 is 1.32. The van der Waals surface area contributed by atoms with Crippen LogP contribution in [0.4, 0.5) is 5.69 Å². The number of aromatic nitrogens is 2. The number of carbonyl (C=O) groups excluding carboxylic acids is 2. The summed E-state index contributed by atoms with van der Waals surface area (Å²) in [6.45, 7) is 3.45. The van der Waals surface area contributed by atoms with Crippen molar-refractivity contribution in [3.63, 3.8) is 0 Å². The van der Waals surface area contributed by atoms with E-state index in [0.717, 1.165) is 6.92 Å². The molecule has 0 aliphatic heterocycles. The average molecular weight is 475 g/mol. The molecule has 9 nitrogen and oxygen atoms in total. The zero-order chi connectivity index (χ0) is 23.3. The van der Waals surface area contributed by atoms with Gasteiger partial charge in [0.15, 0.2) is 5.16 Å². The predicted molar refractivity (Wildman–Crippen MR) is 123 cm³/mol. The van der Waals surface area contributed by atoms with E-state index in [1.807, 2.05) is 17.7 Å². The number of fused-ring (bicyclic) bond motifs is 1. The molecule has 11 heteroatoms. The van der Waals surface area contributed by atoms with E-state index in [9.17, 15) is 22.8 Å². The van der Waals surface area contributed by atoms with Crippen LogP contribution in [0.2, 0.25) is 0 Å². The molecular weight excluding hydrogens is 452 g/mol. The van der Waals surface area contributed by atoms with Crippen molar-refractivity contribution in [2.75, 3.05) is 11.1 Å². The van der Waals surface area contributed by atoms with Crippen LogP contribution in [0.5, 0.6) is 0 Å². The fourth-order valence-corrected chi connectivity index (χ4v) is 4.95. The Morgan fingerprint density at radius 3 is 2.44 bits per heavy atom. The first-order valence-electron chi connectivity index (χ1n) is 9.77. The summed E-state index contributed by atoms with van der Waals surface area (Å²) in [6.07, 6.45) is 0.170. The van der Waals surface area contributed by atoms with Gasteiger partial charge in [-0.25, -0.2) is 18.1 Å². The smallest absolute Gasteiger partial charge is 0.264 e. The Hall–Kier alpha value is -3.18. The molecule has 0 fully saturated rings. The highest BCUT2D eigenvalue weighted by molar-refractivity contribution is 7.99. The van der Waals surface area contributed by atoms with Gasteiger partial charge in [-0.05, 0) is 43.3 Å². The van der Waals surface area contributed by atoms with Crippen molar-refractivity contribution < 1.29 is 18.0 Å². The Kier molecular flexibility index (Phi) is 7.31. The number of hydrogen-bond donors (Lipinski definition) is 2. The minimum atomic E-state index is -3.93. The monoisotopic (exact) mass is 474 g/mol. The molecule has 3 rings (SSSR count). The second kappa shape index (κ2) is 9.96. The molecule has 3 aromatic rings. The van der Waals surface area contributed by atoms with Crippen LogP contribution in [0.15, 0.2) is 63.4 Å². The zero-order valence-electron chi connectivity index (χ0n) is 17.5. The zero-order valence-corrected chi connectivity index (χ0v) is 19.1. The third-order valence-corrected chi connectivity index (χ3v) is 6.86. The van der Waals surface area contributed by atoms with Crippen LogP contribution < -0.4 is 15.6 Å². The molecule has 0 unspecified atom stereocenters. The van der Waals surface area contributed by atoms with Crippen LogP contribution in [0, 0.1) is 0 Å². The number of hydrogen-bond acceptors (Lipinski definition) is 7. The van der Waals surface area contributed by atoms with Gasteiger partial charge >= 0.3 is 0 Å². The van der Waals surface area contributed by atoms with E-state index in [1.54, 1.807) is 22.8 Å². The van der Waals surface area contributed by atoms with Crippen molar-refractivity contribution in [2.24, 2.45) is 0 Å². The first-order valence-corrected chi connectivity index (χ1v) is 12.2. The van der Waals surface area contributed by atoms with Crippen LogP contribution in [-0.2, 0) is 26.2 Å². The minimum absolute atomic E-state index is 0.0822. The van der Waals surface area contributed by atoms with Gasteiger partial charge in [-0.15, -0.1) is 0 Å². The Labute approximate surface area is 189 Å². The van der Waals surface area contributed by atoms with Gasteiger partial charge in [-0.1, -0.05) is 23.9 Å². The number of para-hydroxylation sites is 1. The molecule has 0 bridgehead atoms. The van der Waals surface area contributed by atoms with Gasteiger partial charge in [0.2, 0.25) is 11.8 Å². The van der Waals surface area contributed by atoms with E-state index in [2.05, 4.69) is 10.3 Å². The lowest BCUT2D eigenvalue weighted by atomic mass is 10.2. The molecule has 1 heterocycles. The molecule has 2 N–H and O–H groups in total. The average Bonchev–Trinajstić information content (AvgIpc) is 2.73. The maximum absolute atomic E-state index is 12.6. The van der Waals surface area contributed by atoms with Crippen LogP contribution in [0.1, 0.15) is 20.3 Å². The third-order valence-electron chi connectivity index (χ3n) is 4.43. The summed E-state index contributed by atoms with van der Waals surface area (Å²) in [4.78, 5) is 40.4. The quantitative estimate of drug-likeness (QED) is 0.379. The maximum atomic E-state index is 12.6. The first kappa shape index (κ1) is 23.5. The molecule has 2 aromatic carbocycles. The number of nitrogens with zero attached hydrogens (tertiary/aromatic N) is 2. The second-order valence-electron chi connectivity index (χ2n) is 6.79. The normalized spacial score (nSPS) is 11.3. The topological polar surface area (TPSA) is 127 Å². The van der Waals surface area contributed by atoms with Gasteiger partial charge in [0.05, 0.1) is 15.8 Å². The molecule has 32 heavy (non-hydrogen) atoms. The second-order valence-corrected chi connectivity index (χ2v) is 9.54. The number of rotatable bonds is 8. The molecule has 0 aliphatic rings. The molecule has 0 aliphatic carbocycles. The molecule has 0 spiro atoms. The van der Waals surface area contributed by atoms with Gasteiger partial charge in [-0.2, -0.15) is 0 Å². The lowest BCUT2D eigenvalue weighted by Crippen LogP contribution is -2.28. The van der Waals surface area contributed by atoms with Crippen molar-refractivity contribution in [3.05, 3.63) is 58.9 Å². The molecule has 0 saturated carbocycles. The highest BCUT2D eigenvalue weighted by atomic mass is 32.2. The van der Waals surface area contributed by atoms with Crippen molar-refractivity contribution in [1.29, 1.82) is 0 Å². The van der Waals surface area contributed by atoms with Crippen LogP contribution in [0.3, 0.4) is 0 Å².